The topological polar surface area (TPSA) is 64.6 Å². The van der Waals surface area contributed by atoms with E-state index in [9.17, 15) is 9.59 Å². The largest absolute Gasteiger partial charge is 0.467 e. The SMILES string of the molecule is COC(=O)[C@H](CCC[N+](C)(C)C)NC(=O)OC(C)(C)C. The first-order valence-electron chi connectivity index (χ1n) is 6.82. The fraction of sp³-hybridized carbons (Fsp3) is 0.857. The van der Waals surface area contributed by atoms with E-state index in [-0.39, 0.29) is 0 Å². The van der Waals surface area contributed by atoms with E-state index in [4.69, 9.17) is 9.47 Å². The quantitative estimate of drug-likeness (QED) is 0.595. The lowest BCUT2D eigenvalue weighted by Gasteiger charge is -2.25. The minimum absolute atomic E-state index is 0.447. The molecule has 0 aromatic carbocycles. The second-order valence-electron chi connectivity index (χ2n) is 6.88. The van der Waals surface area contributed by atoms with Crippen LogP contribution < -0.4 is 5.32 Å². The second-order valence-corrected chi connectivity index (χ2v) is 6.88. The van der Waals surface area contributed by atoms with E-state index in [1.807, 2.05) is 0 Å². The maximum absolute atomic E-state index is 11.7. The molecule has 0 unspecified atom stereocenters. The number of hydrogen-bond acceptors (Lipinski definition) is 4. The number of quaternary nitrogens is 1. The van der Waals surface area contributed by atoms with Crippen molar-refractivity contribution in [1.29, 1.82) is 0 Å². The third-order valence-corrected chi connectivity index (χ3v) is 2.50. The molecule has 0 aromatic heterocycles. The van der Waals surface area contributed by atoms with Gasteiger partial charge in [0.2, 0.25) is 0 Å². The lowest BCUT2D eigenvalue weighted by molar-refractivity contribution is -0.870. The van der Waals surface area contributed by atoms with Crippen molar-refractivity contribution in [2.75, 3.05) is 34.8 Å². The predicted molar refractivity (Wildman–Crippen MR) is 77.3 cm³/mol. The van der Waals surface area contributed by atoms with E-state index >= 15 is 0 Å². The van der Waals surface area contributed by atoms with Crippen molar-refractivity contribution in [2.24, 2.45) is 0 Å². The van der Waals surface area contributed by atoms with Gasteiger partial charge in [0.05, 0.1) is 34.8 Å². The van der Waals surface area contributed by atoms with Crippen LogP contribution in [-0.2, 0) is 14.3 Å². The van der Waals surface area contributed by atoms with Crippen LogP contribution in [0.5, 0.6) is 0 Å². The van der Waals surface area contributed by atoms with Crippen molar-refractivity contribution < 1.29 is 23.5 Å². The Hall–Kier alpha value is -1.30. The number of esters is 1. The van der Waals surface area contributed by atoms with E-state index in [0.29, 0.717) is 6.42 Å². The van der Waals surface area contributed by atoms with Crippen LogP contribution in [0.3, 0.4) is 0 Å². The van der Waals surface area contributed by atoms with Gasteiger partial charge in [-0.05, 0) is 33.6 Å². The summed E-state index contributed by atoms with van der Waals surface area (Å²) in [4.78, 5) is 23.4. The fourth-order valence-electron chi connectivity index (χ4n) is 1.61. The van der Waals surface area contributed by atoms with Crippen LogP contribution in [-0.4, -0.2) is 63.0 Å². The van der Waals surface area contributed by atoms with Gasteiger partial charge in [-0.15, -0.1) is 0 Å². The molecule has 0 radical (unpaired) electrons. The molecule has 0 aliphatic rings. The molecule has 1 atom stereocenters. The van der Waals surface area contributed by atoms with Gasteiger partial charge in [0.15, 0.2) is 0 Å². The van der Waals surface area contributed by atoms with Crippen LogP contribution >= 0.6 is 0 Å². The number of alkyl carbamates (subject to hydrolysis) is 1. The van der Waals surface area contributed by atoms with Gasteiger partial charge in [0, 0.05) is 0 Å². The van der Waals surface area contributed by atoms with Gasteiger partial charge in [-0.1, -0.05) is 0 Å². The molecule has 0 heterocycles. The Morgan fingerprint density at radius 2 is 1.75 bits per heavy atom. The minimum Gasteiger partial charge on any atom is -0.467 e. The monoisotopic (exact) mass is 289 g/mol. The number of rotatable bonds is 6. The highest BCUT2D eigenvalue weighted by atomic mass is 16.6. The molecule has 0 fully saturated rings. The highest BCUT2D eigenvalue weighted by Gasteiger charge is 2.25. The normalized spacial score (nSPS) is 13.6. The Balaban J connectivity index is 4.43. The first-order chi connectivity index (χ1) is 8.94. The number of carbonyl (C=O) groups is 2. The summed E-state index contributed by atoms with van der Waals surface area (Å²) in [7, 11) is 7.54. The molecule has 0 bridgehead atoms. The molecule has 0 saturated heterocycles. The summed E-state index contributed by atoms with van der Waals surface area (Å²) in [6.45, 7) is 6.23. The van der Waals surface area contributed by atoms with Crippen molar-refractivity contribution in [1.82, 2.24) is 5.32 Å². The minimum atomic E-state index is -0.665. The molecular formula is C14H29N2O4+. The van der Waals surface area contributed by atoms with Crippen molar-refractivity contribution in [3.63, 3.8) is 0 Å². The molecule has 0 saturated carbocycles. The zero-order valence-electron chi connectivity index (χ0n) is 13.8. The van der Waals surface area contributed by atoms with Crippen LogP contribution in [0, 0.1) is 0 Å². The highest BCUT2D eigenvalue weighted by molar-refractivity contribution is 5.81. The molecule has 0 aliphatic heterocycles. The second kappa shape index (κ2) is 7.47. The molecule has 1 amide bonds. The van der Waals surface area contributed by atoms with Crippen molar-refractivity contribution in [3.8, 4) is 0 Å². The smallest absolute Gasteiger partial charge is 0.408 e. The Bertz CT molecular complexity index is 329. The van der Waals surface area contributed by atoms with Gasteiger partial charge in [-0.2, -0.15) is 0 Å². The van der Waals surface area contributed by atoms with Gasteiger partial charge >= 0.3 is 12.1 Å². The molecule has 118 valence electrons. The molecule has 0 aromatic rings. The molecular weight excluding hydrogens is 260 g/mol. The first kappa shape index (κ1) is 18.7. The first-order valence-corrected chi connectivity index (χ1v) is 6.82. The maximum Gasteiger partial charge on any atom is 0.408 e. The van der Waals surface area contributed by atoms with E-state index in [1.54, 1.807) is 20.8 Å². The van der Waals surface area contributed by atoms with Gasteiger partial charge < -0.3 is 19.3 Å². The van der Waals surface area contributed by atoms with Crippen LogP contribution in [0.4, 0.5) is 4.79 Å². The molecule has 6 nitrogen and oxygen atoms in total. The van der Waals surface area contributed by atoms with Gasteiger partial charge in [-0.3, -0.25) is 0 Å². The molecule has 1 N–H and O–H groups in total. The van der Waals surface area contributed by atoms with E-state index in [2.05, 4.69) is 26.5 Å². The average Bonchev–Trinajstić information content (AvgIpc) is 2.22. The van der Waals surface area contributed by atoms with Crippen molar-refractivity contribution >= 4 is 12.1 Å². The van der Waals surface area contributed by atoms with E-state index in [0.717, 1.165) is 17.4 Å². The zero-order valence-corrected chi connectivity index (χ0v) is 13.8. The molecule has 0 aliphatic carbocycles. The van der Waals surface area contributed by atoms with Gasteiger partial charge in [-0.25, -0.2) is 9.59 Å². The van der Waals surface area contributed by atoms with Gasteiger partial charge in [0.1, 0.15) is 11.6 Å². The number of carbonyl (C=O) groups excluding carboxylic acids is 2. The third-order valence-electron chi connectivity index (χ3n) is 2.50. The molecule has 20 heavy (non-hydrogen) atoms. The summed E-state index contributed by atoms with van der Waals surface area (Å²) < 4.78 is 10.7. The highest BCUT2D eigenvalue weighted by Crippen LogP contribution is 2.09. The lowest BCUT2D eigenvalue weighted by Crippen LogP contribution is -2.45. The molecule has 0 spiro atoms. The average molecular weight is 289 g/mol. The summed E-state index contributed by atoms with van der Waals surface area (Å²) in [5, 5.41) is 2.57. The number of amides is 1. The van der Waals surface area contributed by atoms with Crippen LogP contribution in [0.25, 0.3) is 0 Å². The standard InChI is InChI=1S/C14H28N2O4/c1-14(2,3)20-13(18)15-11(12(17)19-7)9-8-10-16(4,5)6/h11H,8-10H2,1-7H3/p+1/t11-/m0/s1. The summed E-state index contributed by atoms with van der Waals surface area (Å²) in [5.41, 5.74) is -0.590. The Labute approximate surface area is 122 Å². The third kappa shape index (κ3) is 9.61. The van der Waals surface area contributed by atoms with E-state index in [1.165, 1.54) is 7.11 Å². The lowest BCUT2D eigenvalue weighted by atomic mass is 10.1. The summed E-state index contributed by atoms with van der Waals surface area (Å²) >= 11 is 0. The van der Waals surface area contributed by atoms with Crippen molar-refractivity contribution in [3.05, 3.63) is 0 Å². The zero-order chi connectivity index (χ0) is 16.0. The fourth-order valence-corrected chi connectivity index (χ4v) is 1.61. The number of ether oxygens (including phenoxy) is 2. The number of nitrogens with one attached hydrogen (secondary N) is 1. The molecule has 0 rings (SSSR count). The number of methoxy groups -OCH3 is 1. The summed E-state index contributed by atoms with van der Waals surface area (Å²) in [6.07, 6.45) is 0.735. The number of hydrogen-bond donors (Lipinski definition) is 1. The Morgan fingerprint density at radius 1 is 1.20 bits per heavy atom. The number of nitrogens with zero attached hydrogens (tertiary/aromatic N) is 1. The summed E-state index contributed by atoms with van der Waals surface area (Å²) in [6, 6.07) is -0.665. The van der Waals surface area contributed by atoms with Crippen LogP contribution in [0.15, 0.2) is 0 Å². The van der Waals surface area contributed by atoms with Crippen LogP contribution in [0.2, 0.25) is 0 Å². The Kier molecular flexibility index (Phi) is 6.99. The Morgan fingerprint density at radius 3 is 2.15 bits per heavy atom. The molecule has 6 heteroatoms. The predicted octanol–water partition coefficient (Wildman–Crippen LogP) is 1.54. The van der Waals surface area contributed by atoms with Gasteiger partial charge in [0.25, 0.3) is 0 Å². The summed E-state index contributed by atoms with van der Waals surface area (Å²) in [5.74, 6) is -0.447. The van der Waals surface area contributed by atoms with Crippen molar-refractivity contribution in [2.45, 2.75) is 45.3 Å². The maximum atomic E-state index is 11.7. The van der Waals surface area contributed by atoms with Crippen LogP contribution in [0.1, 0.15) is 33.6 Å². The van der Waals surface area contributed by atoms with E-state index < -0.39 is 23.7 Å².